The van der Waals surface area contributed by atoms with Crippen LogP contribution in [-0.2, 0) is 9.47 Å². The van der Waals surface area contributed by atoms with E-state index in [1.54, 1.807) is 0 Å². The van der Waals surface area contributed by atoms with Gasteiger partial charge in [0.15, 0.2) is 0 Å². The normalized spacial score (nSPS) is 19.9. The summed E-state index contributed by atoms with van der Waals surface area (Å²) in [5, 5.41) is 5.88. The van der Waals surface area contributed by atoms with E-state index < -0.39 is 0 Å². The van der Waals surface area contributed by atoms with Gasteiger partial charge in [-0.05, 0) is 18.6 Å². The van der Waals surface area contributed by atoms with Crippen molar-refractivity contribution >= 4 is 11.7 Å². The van der Waals surface area contributed by atoms with Crippen molar-refractivity contribution in [1.29, 1.82) is 0 Å². The first kappa shape index (κ1) is 16.5. The Balaban J connectivity index is 1.69. The summed E-state index contributed by atoms with van der Waals surface area (Å²) < 4.78 is 11.0. The lowest BCUT2D eigenvalue weighted by molar-refractivity contribution is 0.0428. The van der Waals surface area contributed by atoms with Crippen LogP contribution in [0.15, 0.2) is 54.6 Å². The highest BCUT2D eigenvalue weighted by atomic mass is 16.5. The molecule has 2 atom stereocenters. The second-order valence-electron chi connectivity index (χ2n) is 5.65. The third-order valence-electron chi connectivity index (χ3n) is 3.99. The first-order valence-electron chi connectivity index (χ1n) is 8.19. The standard InChI is InChI=1S/C19H22N2O3/c1-2-24-18-13-23-12-17(18)21-19(22)20-16-11-7-6-10-15(16)14-8-4-3-5-9-14/h3-11,17-18H,2,12-13H2,1H3,(H2,20,21,22)/t17-,18-/m0/s1. The van der Waals surface area contributed by atoms with Crippen LogP contribution in [0.2, 0.25) is 0 Å². The Bertz CT molecular complexity index is 675. The first-order chi connectivity index (χ1) is 11.8. The van der Waals surface area contributed by atoms with Crippen LogP contribution in [0.5, 0.6) is 0 Å². The SMILES string of the molecule is CCO[C@H]1COC[C@@H]1NC(=O)Nc1ccccc1-c1ccccc1. The van der Waals surface area contributed by atoms with Crippen molar-refractivity contribution in [2.75, 3.05) is 25.1 Å². The summed E-state index contributed by atoms with van der Waals surface area (Å²) in [5.74, 6) is 0. The molecule has 3 rings (SSSR count). The lowest BCUT2D eigenvalue weighted by atomic mass is 10.0. The Morgan fingerprint density at radius 2 is 1.88 bits per heavy atom. The molecule has 2 aromatic carbocycles. The smallest absolute Gasteiger partial charge is 0.319 e. The molecular weight excluding hydrogens is 304 g/mol. The number of benzene rings is 2. The molecule has 1 aliphatic heterocycles. The van der Waals surface area contributed by atoms with Crippen LogP contribution < -0.4 is 10.6 Å². The van der Waals surface area contributed by atoms with E-state index in [4.69, 9.17) is 9.47 Å². The van der Waals surface area contributed by atoms with E-state index in [1.165, 1.54) is 0 Å². The van der Waals surface area contributed by atoms with Gasteiger partial charge < -0.3 is 20.1 Å². The minimum atomic E-state index is -0.251. The predicted molar refractivity (Wildman–Crippen MR) is 94.1 cm³/mol. The molecule has 2 aromatic rings. The number of hydrogen-bond acceptors (Lipinski definition) is 3. The Morgan fingerprint density at radius 1 is 1.12 bits per heavy atom. The Hall–Kier alpha value is -2.37. The van der Waals surface area contributed by atoms with Gasteiger partial charge in [0.1, 0.15) is 6.10 Å². The van der Waals surface area contributed by atoms with Gasteiger partial charge >= 0.3 is 6.03 Å². The molecule has 0 spiro atoms. The lowest BCUT2D eigenvalue weighted by Gasteiger charge is -2.20. The maximum absolute atomic E-state index is 12.4. The fourth-order valence-corrected chi connectivity index (χ4v) is 2.84. The molecule has 1 aliphatic rings. The maximum Gasteiger partial charge on any atom is 0.319 e. The zero-order valence-corrected chi connectivity index (χ0v) is 13.7. The molecule has 5 heteroatoms. The average Bonchev–Trinajstić information content (AvgIpc) is 3.03. The van der Waals surface area contributed by atoms with E-state index in [0.717, 1.165) is 16.8 Å². The molecule has 0 bridgehead atoms. The van der Waals surface area contributed by atoms with Crippen molar-refractivity contribution in [1.82, 2.24) is 5.32 Å². The number of rotatable bonds is 5. The number of para-hydroxylation sites is 1. The van der Waals surface area contributed by atoms with Crippen LogP contribution in [-0.4, -0.2) is 38.0 Å². The summed E-state index contributed by atoms with van der Waals surface area (Å²) in [6, 6.07) is 17.4. The Morgan fingerprint density at radius 3 is 2.67 bits per heavy atom. The second kappa shape index (κ2) is 7.95. The number of anilines is 1. The van der Waals surface area contributed by atoms with Gasteiger partial charge in [-0.2, -0.15) is 0 Å². The number of urea groups is 1. The fourth-order valence-electron chi connectivity index (χ4n) is 2.84. The van der Waals surface area contributed by atoms with Gasteiger partial charge in [0.05, 0.1) is 24.9 Å². The van der Waals surface area contributed by atoms with Crippen molar-refractivity contribution in [3.63, 3.8) is 0 Å². The van der Waals surface area contributed by atoms with Crippen molar-refractivity contribution in [3.05, 3.63) is 54.6 Å². The summed E-state index contributed by atoms with van der Waals surface area (Å²) in [6.07, 6.45) is -0.0925. The molecule has 0 saturated carbocycles. The van der Waals surface area contributed by atoms with Crippen molar-refractivity contribution in [3.8, 4) is 11.1 Å². The summed E-state index contributed by atoms with van der Waals surface area (Å²) in [7, 11) is 0. The maximum atomic E-state index is 12.4. The van der Waals surface area contributed by atoms with Gasteiger partial charge in [-0.25, -0.2) is 4.79 Å². The molecule has 0 aliphatic carbocycles. The highest BCUT2D eigenvalue weighted by Gasteiger charge is 2.30. The van der Waals surface area contributed by atoms with E-state index in [9.17, 15) is 4.79 Å². The Labute approximate surface area is 142 Å². The summed E-state index contributed by atoms with van der Waals surface area (Å²) in [6.45, 7) is 3.52. The number of carbonyl (C=O) groups excluding carboxylic acids is 1. The number of carbonyl (C=O) groups is 1. The van der Waals surface area contributed by atoms with Gasteiger partial charge in [-0.3, -0.25) is 0 Å². The van der Waals surface area contributed by atoms with E-state index in [1.807, 2.05) is 61.5 Å². The molecule has 2 N–H and O–H groups in total. The van der Waals surface area contributed by atoms with Gasteiger partial charge in [-0.15, -0.1) is 0 Å². The monoisotopic (exact) mass is 326 g/mol. The van der Waals surface area contributed by atoms with Gasteiger partial charge in [0.2, 0.25) is 0 Å². The zero-order valence-electron chi connectivity index (χ0n) is 13.7. The largest absolute Gasteiger partial charge is 0.376 e. The number of nitrogens with one attached hydrogen (secondary N) is 2. The molecule has 1 fully saturated rings. The van der Waals surface area contributed by atoms with Crippen molar-refractivity contribution in [2.24, 2.45) is 0 Å². The van der Waals surface area contributed by atoms with Crippen LogP contribution in [0.3, 0.4) is 0 Å². The first-order valence-corrected chi connectivity index (χ1v) is 8.19. The number of ether oxygens (including phenoxy) is 2. The summed E-state index contributed by atoms with van der Waals surface area (Å²) in [4.78, 5) is 12.4. The van der Waals surface area contributed by atoms with Crippen LogP contribution in [0.4, 0.5) is 10.5 Å². The van der Waals surface area contributed by atoms with E-state index in [2.05, 4.69) is 10.6 Å². The minimum Gasteiger partial charge on any atom is -0.376 e. The molecule has 2 amide bonds. The Kier molecular flexibility index (Phi) is 5.46. The van der Waals surface area contributed by atoms with Gasteiger partial charge in [0.25, 0.3) is 0 Å². The van der Waals surface area contributed by atoms with Crippen LogP contribution in [0.25, 0.3) is 11.1 Å². The molecule has 0 unspecified atom stereocenters. The van der Waals surface area contributed by atoms with Crippen LogP contribution in [0.1, 0.15) is 6.92 Å². The van der Waals surface area contributed by atoms with Crippen molar-refractivity contribution < 1.29 is 14.3 Å². The molecule has 0 radical (unpaired) electrons. The van der Waals surface area contributed by atoms with Crippen molar-refractivity contribution in [2.45, 2.75) is 19.1 Å². The highest BCUT2D eigenvalue weighted by molar-refractivity contribution is 5.94. The second-order valence-corrected chi connectivity index (χ2v) is 5.65. The fraction of sp³-hybridized carbons (Fsp3) is 0.316. The zero-order chi connectivity index (χ0) is 16.8. The van der Waals surface area contributed by atoms with Crippen LogP contribution in [0, 0.1) is 0 Å². The quantitative estimate of drug-likeness (QED) is 0.886. The van der Waals surface area contributed by atoms with Crippen LogP contribution >= 0.6 is 0 Å². The van der Waals surface area contributed by atoms with E-state index >= 15 is 0 Å². The molecule has 1 saturated heterocycles. The van der Waals surface area contributed by atoms with Gasteiger partial charge in [0, 0.05) is 12.2 Å². The molecule has 24 heavy (non-hydrogen) atoms. The third kappa shape index (κ3) is 3.93. The minimum absolute atomic E-state index is 0.0925. The summed E-state index contributed by atoms with van der Waals surface area (Å²) >= 11 is 0. The number of amides is 2. The van der Waals surface area contributed by atoms with E-state index in [0.29, 0.717) is 19.8 Å². The van der Waals surface area contributed by atoms with E-state index in [-0.39, 0.29) is 18.2 Å². The molecule has 0 aromatic heterocycles. The summed E-state index contributed by atoms with van der Waals surface area (Å²) in [5.41, 5.74) is 2.81. The third-order valence-corrected chi connectivity index (χ3v) is 3.99. The number of hydrogen-bond donors (Lipinski definition) is 2. The molecule has 5 nitrogen and oxygen atoms in total. The molecule has 126 valence electrons. The predicted octanol–water partition coefficient (Wildman–Crippen LogP) is 3.28. The molecular formula is C19H22N2O3. The molecule has 1 heterocycles. The average molecular weight is 326 g/mol. The highest BCUT2D eigenvalue weighted by Crippen LogP contribution is 2.27. The topological polar surface area (TPSA) is 59.6 Å². The lowest BCUT2D eigenvalue weighted by Crippen LogP contribution is -2.45. The van der Waals surface area contributed by atoms with Gasteiger partial charge in [-0.1, -0.05) is 48.5 Å².